The molecule has 0 saturated carbocycles. The summed E-state index contributed by atoms with van der Waals surface area (Å²) in [5, 5.41) is 13.5. The van der Waals surface area contributed by atoms with Crippen molar-refractivity contribution < 1.29 is 9.18 Å². The Bertz CT molecular complexity index is 1200. The van der Waals surface area contributed by atoms with E-state index in [0.29, 0.717) is 4.47 Å². The first-order chi connectivity index (χ1) is 12.4. The Balaban J connectivity index is 1.90. The van der Waals surface area contributed by atoms with E-state index in [0.717, 1.165) is 16.9 Å². The number of hydrogen-bond donors (Lipinski definition) is 2. The van der Waals surface area contributed by atoms with Crippen LogP contribution in [0.1, 0.15) is 5.56 Å². The van der Waals surface area contributed by atoms with E-state index in [1.165, 1.54) is 12.1 Å². The smallest absolute Gasteiger partial charge is 0.273 e. The first-order valence-electron chi connectivity index (χ1n) is 7.17. The average Bonchev–Trinajstić information content (AvgIpc) is 2.61. The first kappa shape index (κ1) is 17.5. The van der Waals surface area contributed by atoms with E-state index in [1.54, 1.807) is 12.1 Å². The van der Waals surface area contributed by atoms with Crippen molar-refractivity contribution in [3.63, 3.8) is 0 Å². The minimum atomic E-state index is -0.887. The summed E-state index contributed by atoms with van der Waals surface area (Å²) in [6.07, 6.45) is 1.10. The quantitative estimate of drug-likeness (QED) is 0.668. The second-order valence-electron chi connectivity index (χ2n) is 5.24. The van der Waals surface area contributed by atoms with Crippen LogP contribution in [0, 0.1) is 17.1 Å². The Morgan fingerprint density at radius 2 is 2.12 bits per heavy atom. The molecular weight excluding hydrogens is 409 g/mol. The number of carbonyl (C=O) groups excluding carboxylic acids is 1. The number of hydrogen-bond acceptors (Lipinski definition) is 5. The van der Waals surface area contributed by atoms with Gasteiger partial charge in [-0.05, 0) is 24.3 Å². The predicted molar refractivity (Wildman–Crippen MR) is 94.1 cm³/mol. The summed E-state index contributed by atoms with van der Waals surface area (Å²) in [6.45, 7) is -0.540. The number of aromatic nitrogens is 3. The van der Waals surface area contributed by atoms with Gasteiger partial charge in [0.2, 0.25) is 5.91 Å². The molecule has 0 radical (unpaired) electrons. The number of benzene rings is 1. The monoisotopic (exact) mass is 417 g/mol. The van der Waals surface area contributed by atoms with E-state index in [2.05, 4.69) is 31.3 Å². The summed E-state index contributed by atoms with van der Waals surface area (Å²) in [5.41, 5.74) is -1.12. The molecule has 0 atom stereocenters. The lowest BCUT2D eigenvalue weighted by molar-refractivity contribution is -0.117. The fraction of sp³-hybridized carbons (Fsp3) is 0.0625. The molecule has 0 spiro atoms. The van der Waals surface area contributed by atoms with E-state index in [-0.39, 0.29) is 22.2 Å². The fourth-order valence-electron chi connectivity index (χ4n) is 2.29. The van der Waals surface area contributed by atoms with Crippen LogP contribution in [-0.4, -0.2) is 20.7 Å². The number of halogens is 2. The lowest BCUT2D eigenvalue weighted by atomic mass is 10.2. The van der Waals surface area contributed by atoms with Gasteiger partial charge in [0.15, 0.2) is 11.6 Å². The molecule has 26 heavy (non-hydrogen) atoms. The van der Waals surface area contributed by atoms with Crippen molar-refractivity contribution in [2.45, 2.75) is 6.54 Å². The third-order valence-corrected chi connectivity index (χ3v) is 3.96. The van der Waals surface area contributed by atoms with E-state index < -0.39 is 29.4 Å². The zero-order valence-corrected chi connectivity index (χ0v) is 14.5. The number of carbonyl (C=O) groups is 1. The molecule has 3 aromatic rings. The van der Waals surface area contributed by atoms with Gasteiger partial charge in [0.25, 0.3) is 11.1 Å². The highest BCUT2D eigenvalue weighted by molar-refractivity contribution is 9.10. The topological polar surface area (TPSA) is 121 Å². The zero-order valence-electron chi connectivity index (χ0n) is 12.9. The number of amides is 1. The summed E-state index contributed by atoms with van der Waals surface area (Å²) in [6, 6.07) is 7.20. The molecule has 0 aliphatic carbocycles. The maximum Gasteiger partial charge on any atom is 0.273 e. The highest BCUT2D eigenvalue weighted by Crippen LogP contribution is 2.14. The number of pyridine rings is 1. The molecule has 0 fully saturated rings. The number of rotatable bonds is 3. The Hall–Kier alpha value is -3.32. The van der Waals surface area contributed by atoms with Gasteiger partial charge < -0.3 is 5.32 Å². The number of fused-ring (bicyclic) bond motifs is 1. The largest absolute Gasteiger partial charge is 0.307 e. The minimum Gasteiger partial charge on any atom is -0.307 e. The first-order valence-corrected chi connectivity index (χ1v) is 7.96. The molecule has 10 heteroatoms. The van der Waals surface area contributed by atoms with Crippen LogP contribution in [0.5, 0.6) is 0 Å². The molecule has 0 aliphatic heterocycles. The third-order valence-electron chi connectivity index (χ3n) is 3.47. The molecular formula is C16H9BrFN5O3. The molecule has 0 bridgehead atoms. The van der Waals surface area contributed by atoms with Crippen molar-refractivity contribution in [1.29, 1.82) is 5.26 Å². The molecule has 1 amide bonds. The van der Waals surface area contributed by atoms with Crippen LogP contribution in [0.3, 0.4) is 0 Å². The molecule has 1 aromatic carbocycles. The lowest BCUT2D eigenvalue weighted by Gasteiger charge is -2.08. The Morgan fingerprint density at radius 3 is 2.81 bits per heavy atom. The number of nitrogens with zero attached hydrogens (tertiary/aromatic N) is 3. The van der Waals surface area contributed by atoms with Gasteiger partial charge in [0, 0.05) is 10.7 Å². The highest BCUT2D eigenvalue weighted by Gasteiger charge is 2.13. The van der Waals surface area contributed by atoms with Gasteiger partial charge >= 0.3 is 0 Å². The SMILES string of the molecule is N#Cc1cnc(NC(=O)Cn2[nH]c(=O)c3cc(Br)ccc3c2=O)c(F)c1. The van der Waals surface area contributed by atoms with Crippen molar-refractivity contribution in [3.8, 4) is 6.07 Å². The van der Waals surface area contributed by atoms with Gasteiger partial charge in [-0.1, -0.05) is 15.9 Å². The van der Waals surface area contributed by atoms with Crippen molar-refractivity contribution in [1.82, 2.24) is 14.8 Å². The molecule has 2 N–H and O–H groups in total. The van der Waals surface area contributed by atoms with E-state index in [9.17, 15) is 18.8 Å². The van der Waals surface area contributed by atoms with Gasteiger partial charge in [-0.3, -0.25) is 19.5 Å². The van der Waals surface area contributed by atoms with Crippen LogP contribution in [0.2, 0.25) is 0 Å². The Kier molecular flexibility index (Phi) is 4.64. The number of H-pyrrole nitrogens is 1. The highest BCUT2D eigenvalue weighted by atomic mass is 79.9. The van der Waals surface area contributed by atoms with E-state index in [4.69, 9.17) is 5.26 Å². The van der Waals surface area contributed by atoms with Crippen LogP contribution in [0.4, 0.5) is 10.2 Å². The Morgan fingerprint density at radius 1 is 1.35 bits per heavy atom. The van der Waals surface area contributed by atoms with Crippen LogP contribution in [0.15, 0.2) is 44.5 Å². The molecule has 2 heterocycles. The molecule has 0 aliphatic rings. The predicted octanol–water partition coefficient (Wildman–Crippen LogP) is 1.50. The van der Waals surface area contributed by atoms with Crippen LogP contribution >= 0.6 is 15.9 Å². The summed E-state index contributed by atoms with van der Waals surface area (Å²) in [4.78, 5) is 40.2. The normalized spacial score (nSPS) is 10.5. The average molecular weight is 418 g/mol. The maximum atomic E-state index is 13.8. The second-order valence-corrected chi connectivity index (χ2v) is 6.15. The maximum absolute atomic E-state index is 13.8. The van der Waals surface area contributed by atoms with Crippen molar-refractivity contribution in [2.24, 2.45) is 0 Å². The number of anilines is 1. The van der Waals surface area contributed by atoms with Crippen molar-refractivity contribution >= 4 is 38.4 Å². The number of nitriles is 1. The summed E-state index contributed by atoms with van der Waals surface area (Å²) in [7, 11) is 0. The van der Waals surface area contributed by atoms with Gasteiger partial charge in [0.1, 0.15) is 12.6 Å². The van der Waals surface area contributed by atoms with Gasteiger partial charge in [-0.15, -0.1) is 0 Å². The zero-order chi connectivity index (χ0) is 18.8. The standard InChI is InChI=1S/C16H9BrFN5O3/c17-9-1-2-10-11(4-9)15(25)22-23(16(10)26)7-13(24)21-14-12(18)3-8(5-19)6-20-14/h1-4,6H,7H2,(H,22,25)(H,20,21,24). The summed E-state index contributed by atoms with van der Waals surface area (Å²) < 4.78 is 15.2. The van der Waals surface area contributed by atoms with Crippen molar-refractivity contribution in [3.05, 3.63) is 67.0 Å². The van der Waals surface area contributed by atoms with Crippen LogP contribution in [-0.2, 0) is 11.3 Å². The summed E-state index contributed by atoms with van der Waals surface area (Å²) >= 11 is 3.22. The van der Waals surface area contributed by atoms with Gasteiger partial charge in [-0.25, -0.2) is 14.1 Å². The van der Waals surface area contributed by atoms with Gasteiger partial charge in [0.05, 0.1) is 16.3 Å². The van der Waals surface area contributed by atoms with Crippen molar-refractivity contribution in [2.75, 3.05) is 5.32 Å². The van der Waals surface area contributed by atoms with Crippen LogP contribution in [0.25, 0.3) is 10.8 Å². The number of aromatic amines is 1. The summed E-state index contributed by atoms with van der Waals surface area (Å²) in [5.74, 6) is -2.04. The van der Waals surface area contributed by atoms with E-state index in [1.807, 2.05) is 0 Å². The molecule has 8 nitrogen and oxygen atoms in total. The molecule has 0 saturated heterocycles. The second kappa shape index (κ2) is 6.89. The number of nitrogens with one attached hydrogen (secondary N) is 2. The van der Waals surface area contributed by atoms with Crippen LogP contribution < -0.4 is 16.4 Å². The molecule has 3 rings (SSSR count). The Labute approximate surface area is 153 Å². The fourth-order valence-corrected chi connectivity index (χ4v) is 2.65. The van der Waals surface area contributed by atoms with E-state index >= 15 is 0 Å². The molecule has 130 valence electrons. The molecule has 2 aromatic heterocycles. The molecule has 0 unspecified atom stereocenters. The van der Waals surface area contributed by atoms with Gasteiger partial charge in [-0.2, -0.15) is 5.26 Å². The third kappa shape index (κ3) is 3.38. The minimum absolute atomic E-state index is 0.00161. The lowest BCUT2D eigenvalue weighted by Crippen LogP contribution is -2.34.